The maximum atomic E-state index is 12.6. The van der Waals surface area contributed by atoms with Crippen molar-refractivity contribution in [2.75, 3.05) is 30.2 Å². The Morgan fingerprint density at radius 3 is 2.19 bits per heavy atom. The van der Waals surface area contributed by atoms with Crippen LogP contribution in [0.15, 0.2) is 83.8 Å². The lowest BCUT2D eigenvalue weighted by Gasteiger charge is -2.18. The number of rotatable bonds is 9. The van der Waals surface area contributed by atoms with E-state index in [-0.39, 0.29) is 10.8 Å². The van der Waals surface area contributed by atoms with Gasteiger partial charge in [-0.2, -0.15) is 0 Å². The van der Waals surface area contributed by atoms with E-state index in [9.17, 15) is 13.2 Å². The van der Waals surface area contributed by atoms with E-state index >= 15 is 0 Å². The van der Waals surface area contributed by atoms with Crippen LogP contribution in [0.25, 0.3) is 0 Å². The number of nitrogens with one attached hydrogen (secondary N) is 2. The van der Waals surface area contributed by atoms with Crippen LogP contribution in [-0.2, 0) is 10.0 Å². The molecule has 0 radical (unpaired) electrons. The summed E-state index contributed by atoms with van der Waals surface area (Å²) in [5.74, 6) is -0.158. The minimum atomic E-state index is -3.76. The number of sulfonamides is 1. The first kappa shape index (κ1) is 22.7. The molecule has 0 fully saturated rings. The average Bonchev–Trinajstić information content (AvgIpc) is 2.78. The monoisotopic (exact) mass is 457 g/mol. The molecule has 0 saturated carbocycles. The summed E-state index contributed by atoms with van der Waals surface area (Å²) >= 11 is 5.82. The summed E-state index contributed by atoms with van der Waals surface area (Å²) in [5, 5.41) is 3.83. The van der Waals surface area contributed by atoms with Gasteiger partial charge in [0.05, 0.1) is 4.90 Å². The van der Waals surface area contributed by atoms with Crippen LogP contribution in [0.2, 0.25) is 5.02 Å². The summed E-state index contributed by atoms with van der Waals surface area (Å²) in [5.41, 5.74) is 1.89. The topological polar surface area (TPSA) is 78.5 Å². The predicted octanol–water partition coefficient (Wildman–Crippen LogP) is 4.72. The van der Waals surface area contributed by atoms with Crippen LogP contribution in [0.3, 0.4) is 0 Å². The molecule has 0 atom stereocenters. The number of carbonyl (C=O) groups excluding carboxylic acids is 1. The number of para-hydroxylation sites is 1. The second-order valence-electron chi connectivity index (χ2n) is 7.01. The van der Waals surface area contributed by atoms with Crippen LogP contribution in [0.5, 0.6) is 0 Å². The molecule has 0 unspecified atom stereocenters. The molecular formula is C23H24ClN3O3S. The van der Waals surface area contributed by atoms with Gasteiger partial charge >= 0.3 is 0 Å². The van der Waals surface area contributed by atoms with Gasteiger partial charge in [0.1, 0.15) is 0 Å². The maximum Gasteiger partial charge on any atom is 0.261 e. The van der Waals surface area contributed by atoms with Crippen molar-refractivity contribution >= 4 is 38.9 Å². The van der Waals surface area contributed by atoms with E-state index in [0.29, 0.717) is 22.8 Å². The van der Waals surface area contributed by atoms with E-state index in [0.717, 1.165) is 18.7 Å². The number of anilines is 2. The molecule has 0 spiro atoms. The van der Waals surface area contributed by atoms with E-state index in [4.69, 9.17) is 11.6 Å². The van der Waals surface area contributed by atoms with Gasteiger partial charge in [0, 0.05) is 42.1 Å². The smallest absolute Gasteiger partial charge is 0.261 e. The Hall–Kier alpha value is -3.03. The summed E-state index contributed by atoms with van der Waals surface area (Å²) in [7, 11) is -2.03. The fourth-order valence-electron chi connectivity index (χ4n) is 2.94. The Morgan fingerprint density at radius 1 is 0.903 bits per heavy atom. The van der Waals surface area contributed by atoms with E-state index in [1.54, 1.807) is 36.2 Å². The number of hydrogen-bond donors (Lipinski definition) is 2. The van der Waals surface area contributed by atoms with Crippen molar-refractivity contribution in [2.24, 2.45) is 0 Å². The summed E-state index contributed by atoms with van der Waals surface area (Å²) < 4.78 is 27.6. The molecule has 0 aliphatic heterocycles. The van der Waals surface area contributed by atoms with Gasteiger partial charge in [-0.1, -0.05) is 29.8 Å². The van der Waals surface area contributed by atoms with Crippen molar-refractivity contribution in [3.63, 3.8) is 0 Å². The molecule has 0 heterocycles. The van der Waals surface area contributed by atoms with E-state index < -0.39 is 10.0 Å². The SMILES string of the molecule is CN(CCCNc1ccccc1)C(=O)c1ccc(S(=O)(=O)Nc2ccc(Cl)cc2)cc1. The molecule has 0 aliphatic carbocycles. The quantitative estimate of drug-likeness (QED) is 0.456. The Kier molecular flexibility index (Phi) is 7.55. The molecular weight excluding hydrogens is 434 g/mol. The van der Waals surface area contributed by atoms with Crippen LogP contribution >= 0.6 is 11.6 Å². The van der Waals surface area contributed by atoms with Gasteiger partial charge in [-0.3, -0.25) is 9.52 Å². The number of benzene rings is 3. The van der Waals surface area contributed by atoms with Crippen molar-refractivity contribution in [1.82, 2.24) is 4.90 Å². The van der Waals surface area contributed by atoms with Crippen LogP contribution in [0, 0.1) is 0 Å². The van der Waals surface area contributed by atoms with Crippen LogP contribution in [0.1, 0.15) is 16.8 Å². The molecule has 2 N–H and O–H groups in total. The maximum absolute atomic E-state index is 12.6. The Balaban J connectivity index is 1.54. The molecule has 8 heteroatoms. The van der Waals surface area contributed by atoms with Gasteiger partial charge in [0.2, 0.25) is 0 Å². The standard InChI is InChI=1S/C23H24ClN3O3S/c1-27(17-5-16-25-20-6-3-2-4-7-20)23(28)18-8-14-22(15-9-18)31(29,30)26-21-12-10-19(24)11-13-21/h2-4,6-15,25-26H,5,16-17H2,1H3. The molecule has 3 aromatic rings. The van der Waals surface area contributed by atoms with Crippen molar-refractivity contribution in [1.29, 1.82) is 0 Å². The lowest BCUT2D eigenvalue weighted by atomic mass is 10.2. The normalized spacial score (nSPS) is 11.0. The molecule has 0 aliphatic rings. The van der Waals surface area contributed by atoms with Crippen molar-refractivity contribution in [3.8, 4) is 0 Å². The first-order valence-corrected chi connectivity index (χ1v) is 11.6. The second-order valence-corrected chi connectivity index (χ2v) is 9.13. The summed E-state index contributed by atoms with van der Waals surface area (Å²) in [6.07, 6.45) is 0.786. The van der Waals surface area contributed by atoms with Crippen LogP contribution in [0.4, 0.5) is 11.4 Å². The van der Waals surface area contributed by atoms with Gasteiger partial charge in [-0.05, 0) is 67.1 Å². The lowest BCUT2D eigenvalue weighted by molar-refractivity contribution is 0.0794. The number of carbonyl (C=O) groups is 1. The molecule has 0 bridgehead atoms. The number of amides is 1. The van der Waals surface area contributed by atoms with E-state index in [1.807, 2.05) is 30.3 Å². The number of hydrogen-bond acceptors (Lipinski definition) is 4. The predicted molar refractivity (Wildman–Crippen MR) is 125 cm³/mol. The zero-order chi connectivity index (χ0) is 22.3. The lowest BCUT2D eigenvalue weighted by Crippen LogP contribution is -2.28. The zero-order valence-electron chi connectivity index (χ0n) is 17.1. The molecule has 0 aromatic heterocycles. The fourth-order valence-corrected chi connectivity index (χ4v) is 4.12. The molecule has 6 nitrogen and oxygen atoms in total. The van der Waals surface area contributed by atoms with Gasteiger partial charge in [0.15, 0.2) is 0 Å². The Morgan fingerprint density at radius 2 is 1.55 bits per heavy atom. The summed E-state index contributed by atoms with van der Waals surface area (Å²) in [4.78, 5) is 14.3. The van der Waals surface area contributed by atoms with Gasteiger partial charge in [-0.15, -0.1) is 0 Å². The van der Waals surface area contributed by atoms with Gasteiger partial charge in [0.25, 0.3) is 15.9 Å². The highest BCUT2D eigenvalue weighted by Crippen LogP contribution is 2.19. The minimum absolute atomic E-state index is 0.0775. The van der Waals surface area contributed by atoms with E-state index in [1.165, 1.54) is 24.3 Å². The highest BCUT2D eigenvalue weighted by molar-refractivity contribution is 7.92. The largest absolute Gasteiger partial charge is 0.385 e. The molecule has 162 valence electrons. The van der Waals surface area contributed by atoms with Crippen molar-refractivity contribution < 1.29 is 13.2 Å². The highest BCUT2D eigenvalue weighted by atomic mass is 35.5. The van der Waals surface area contributed by atoms with Crippen molar-refractivity contribution in [2.45, 2.75) is 11.3 Å². The van der Waals surface area contributed by atoms with Crippen LogP contribution in [-0.4, -0.2) is 39.4 Å². The van der Waals surface area contributed by atoms with Crippen molar-refractivity contribution in [3.05, 3.63) is 89.4 Å². The minimum Gasteiger partial charge on any atom is -0.385 e. The van der Waals surface area contributed by atoms with Gasteiger partial charge < -0.3 is 10.2 Å². The summed E-state index contributed by atoms with van der Waals surface area (Å²) in [6, 6.07) is 22.2. The fraction of sp³-hybridized carbons (Fsp3) is 0.174. The number of halogens is 1. The Labute approximate surface area is 187 Å². The first-order valence-electron chi connectivity index (χ1n) is 9.78. The molecule has 31 heavy (non-hydrogen) atoms. The number of nitrogens with zero attached hydrogens (tertiary/aromatic N) is 1. The average molecular weight is 458 g/mol. The highest BCUT2D eigenvalue weighted by Gasteiger charge is 2.16. The summed E-state index contributed by atoms with van der Waals surface area (Å²) in [6.45, 7) is 1.33. The molecule has 3 aromatic carbocycles. The second kappa shape index (κ2) is 10.3. The third-order valence-electron chi connectivity index (χ3n) is 4.63. The molecule has 3 rings (SSSR count). The third-order valence-corrected chi connectivity index (χ3v) is 6.28. The Bertz CT molecular complexity index is 1100. The molecule has 1 amide bonds. The van der Waals surface area contributed by atoms with Crippen LogP contribution < -0.4 is 10.0 Å². The zero-order valence-corrected chi connectivity index (χ0v) is 18.7. The van der Waals surface area contributed by atoms with Gasteiger partial charge in [-0.25, -0.2) is 8.42 Å². The third kappa shape index (κ3) is 6.47. The van der Waals surface area contributed by atoms with E-state index in [2.05, 4.69) is 10.0 Å². The first-order chi connectivity index (χ1) is 14.8. The molecule has 0 saturated heterocycles.